The smallest absolute Gasteiger partial charge is 0.348 e. The van der Waals surface area contributed by atoms with Gasteiger partial charge in [-0.1, -0.05) is 6.07 Å². The van der Waals surface area contributed by atoms with Gasteiger partial charge in [-0.15, -0.1) is 11.3 Å². The van der Waals surface area contributed by atoms with E-state index in [9.17, 15) is 9.59 Å². The highest BCUT2D eigenvalue weighted by atomic mass is 32.1. The fourth-order valence-electron chi connectivity index (χ4n) is 2.07. The lowest BCUT2D eigenvalue weighted by Crippen LogP contribution is -2.06. The maximum atomic E-state index is 11.9. The molecule has 0 bridgehead atoms. The van der Waals surface area contributed by atoms with Crippen molar-refractivity contribution in [2.75, 3.05) is 7.11 Å². The Morgan fingerprint density at radius 2 is 2.14 bits per heavy atom. The summed E-state index contributed by atoms with van der Waals surface area (Å²) in [5.41, 5.74) is 0.496. The summed E-state index contributed by atoms with van der Waals surface area (Å²) in [5, 5.41) is 2.51. The van der Waals surface area contributed by atoms with E-state index in [4.69, 9.17) is 13.9 Å². The predicted molar refractivity (Wildman–Crippen MR) is 82.5 cm³/mol. The Morgan fingerprint density at radius 1 is 1.27 bits per heavy atom. The van der Waals surface area contributed by atoms with Gasteiger partial charge in [-0.25, -0.2) is 9.59 Å². The van der Waals surface area contributed by atoms with Crippen LogP contribution in [0, 0.1) is 0 Å². The molecule has 2 heterocycles. The van der Waals surface area contributed by atoms with Crippen molar-refractivity contribution in [3.63, 3.8) is 0 Å². The van der Waals surface area contributed by atoms with Crippen LogP contribution < -0.4 is 10.4 Å². The van der Waals surface area contributed by atoms with Crippen LogP contribution in [0.1, 0.15) is 15.2 Å². The Morgan fingerprint density at radius 3 is 2.86 bits per heavy atom. The zero-order chi connectivity index (χ0) is 15.5. The standard InChI is InChI=1S/C16H12O5S/c1-19-11-4-5-12-10(7-15(17)21-13(12)8-11)9-20-16(18)14-3-2-6-22-14/h2-8H,9H2,1H3. The number of methoxy groups -OCH3 is 1. The molecule has 0 radical (unpaired) electrons. The van der Waals surface area contributed by atoms with Gasteiger partial charge in [0.25, 0.3) is 0 Å². The molecule has 0 saturated heterocycles. The summed E-state index contributed by atoms with van der Waals surface area (Å²) in [5.74, 6) is 0.174. The van der Waals surface area contributed by atoms with Gasteiger partial charge >= 0.3 is 11.6 Å². The van der Waals surface area contributed by atoms with Crippen LogP contribution in [0.15, 0.2) is 51.0 Å². The lowest BCUT2D eigenvalue weighted by Gasteiger charge is -2.07. The number of rotatable bonds is 4. The molecule has 0 spiro atoms. The molecule has 6 heteroatoms. The summed E-state index contributed by atoms with van der Waals surface area (Å²) >= 11 is 1.31. The fourth-order valence-corrected chi connectivity index (χ4v) is 2.68. The second-order valence-corrected chi connectivity index (χ2v) is 5.45. The topological polar surface area (TPSA) is 65.7 Å². The van der Waals surface area contributed by atoms with Crippen LogP contribution >= 0.6 is 11.3 Å². The van der Waals surface area contributed by atoms with Crippen molar-refractivity contribution < 1.29 is 18.7 Å². The molecule has 0 fully saturated rings. The second-order valence-electron chi connectivity index (χ2n) is 4.51. The Kier molecular flexibility index (Phi) is 3.93. The van der Waals surface area contributed by atoms with Crippen molar-refractivity contribution in [2.45, 2.75) is 6.61 Å². The zero-order valence-corrected chi connectivity index (χ0v) is 12.5. The van der Waals surface area contributed by atoms with E-state index in [1.165, 1.54) is 24.5 Å². The lowest BCUT2D eigenvalue weighted by atomic mass is 10.1. The third-order valence-electron chi connectivity index (χ3n) is 3.12. The first-order valence-electron chi connectivity index (χ1n) is 6.49. The number of hydrogen-bond acceptors (Lipinski definition) is 6. The SMILES string of the molecule is COc1ccc2c(COC(=O)c3cccs3)cc(=O)oc2c1. The highest BCUT2D eigenvalue weighted by molar-refractivity contribution is 7.11. The van der Waals surface area contributed by atoms with E-state index in [1.54, 1.807) is 35.7 Å². The van der Waals surface area contributed by atoms with Crippen molar-refractivity contribution >= 4 is 28.3 Å². The molecule has 5 nitrogen and oxygen atoms in total. The number of ether oxygens (including phenoxy) is 2. The molecule has 0 aliphatic rings. The van der Waals surface area contributed by atoms with Gasteiger partial charge in [0.1, 0.15) is 22.8 Å². The molecular weight excluding hydrogens is 304 g/mol. The molecule has 2 aromatic heterocycles. The summed E-state index contributed by atoms with van der Waals surface area (Å²) in [7, 11) is 1.53. The van der Waals surface area contributed by atoms with Crippen LogP contribution in [-0.2, 0) is 11.3 Å². The minimum Gasteiger partial charge on any atom is -0.497 e. The van der Waals surface area contributed by atoms with E-state index < -0.39 is 11.6 Å². The average molecular weight is 316 g/mol. The summed E-state index contributed by atoms with van der Waals surface area (Å²) in [6, 6.07) is 9.95. The summed E-state index contributed by atoms with van der Waals surface area (Å²) < 4.78 is 15.5. The van der Waals surface area contributed by atoms with Crippen LogP contribution in [-0.4, -0.2) is 13.1 Å². The first-order valence-corrected chi connectivity index (χ1v) is 7.37. The van der Waals surface area contributed by atoms with E-state index in [-0.39, 0.29) is 6.61 Å². The summed E-state index contributed by atoms with van der Waals surface area (Å²) in [6.45, 7) is 0.00512. The number of carbonyl (C=O) groups excluding carboxylic acids is 1. The minimum absolute atomic E-state index is 0.00512. The van der Waals surface area contributed by atoms with Crippen LogP contribution in [0.4, 0.5) is 0 Å². The third-order valence-corrected chi connectivity index (χ3v) is 3.97. The number of carbonyl (C=O) groups is 1. The van der Waals surface area contributed by atoms with Gasteiger partial charge in [0.2, 0.25) is 0 Å². The molecule has 22 heavy (non-hydrogen) atoms. The van der Waals surface area contributed by atoms with Gasteiger partial charge in [0.15, 0.2) is 0 Å². The van der Waals surface area contributed by atoms with E-state index in [0.29, 0.717) is 27.2 Å². The van der Waals surface area contributed by atoms with Crippen molar-refractivity contribution in [2.24, 2.45) is 0 Å². The summed E-state index contributed by atoms with van der Waals surface area (Å²) in [6.07, 6.45) is 0. The first kappa shape index (κ1) is 14.3. The van der Waals surface area contributed by atoms with Gasteiger partial charge in [-0.2, -0.15) is 0 Å². The van der Waals surface area contributed by atoms with Crippen LogP contribution in [0.2, 0.25) is 0 Å². The first-order chi connectivity index (χ1) is 10.7. The molecule has 0 N–H and O–H groups in total. The van der Waals surface area contributed by atoms with Crippen molar-refractivity contribution in [1.29, 1.82) is 0 Å². The molecule has 0 atom stereocenters. The summed E-state index contributed by atoms with van der Waals surface area (Å²) in [4.78, 5) is 24.0. The highest BCUT2D eigenvalue weighted by Gasteiger charge is 2.11. The Balaban J connectivity index is 1.90. The van der Waals surface area contributed by atoms with Crippen molar-refractivity contribution in [3.8, 4) is 5.75 Å². The molecule has 0 aliphatic heterocycles. The fraction of sp³-hybridized carbons (Fsp3) is 0.125. The van der Waals surface area contributed by atoms with Crippen molar-refractivity contribution in [1.82, 2.24) is 0 Å². The lowest BCUT2D eigenvalue weighted by molar-refractivity contribution is 0.0479. The van der Waals surface area contributed by atoms with Crippen molar-refractivity contribution in [3.05, 3.63) is 62.6 Å². The molecule has 0 unspecified atom stereocenters. The molecule has 3 aromatic rings. The number of esters is 1. The Hall–Kier alpha value is -2.60. The zero-order valence-electron chi connectivity index (χ0n) is 11.7. The van der Waals surface area contributed by atoms with Gasteiger partial charge in [-0.05, 0) is 23.6 Å². The monoisotopic (exact) mass is 316 g/mol. The van der Waals surface area contributed by atoms with Gasteiger partial charge in [-0.3, -0.25) is 0 Å². The minimum atomic E-state index is -0.497. The second kappa shape index (κ2) is 6.03. The molecule has 112 valence electrons. The van der Waals surface area contributed by atoms with E-state index in [1.807, 2.05) is 0 Å². The normalized spacial score (nSPS) is 10.6. The molecule has 3 rings (SSSR count). The maximum absolute atomic E-state index is 11.9. The number of hydrogen-bond donors (Lipinski definition) is 0. The molecule has 0 aliphatic carbocycles. The molecule has 1 aromatic carbocycles. The van der Waals surface area contributed by atoms with Crippen LogP contribution in [0.25, 0.3) is 11.0 Å². The number of thiophene rings is 1. The average Bonchev–Trinajstić information content (AvgIpc) is 3.05. The predicted octanol–water partition coefficient (Wildman–Crippen LogP) is 3.22. The number of benzene rings is 1. The van der Waals surface area contributed by atoms with Crippen LogP contribution in [0.5, 0.6) is 5.75 Å². The van der Waals surface area contributed by atoms with Gasteiger partial charge in [0.05, 0.1) is 7.11 Å². The molecule has 0 amide bonds. The molecular formula is C16H12O5S. The largest absolute Gasteiger partial charge is 0.497 e. The Labute approximate surface area is 129 Å². The molecule has 0 saturated carbocycles. The van der Waals surface area contributed by atoms with Crippen LogP contribution in [0.3, 0.4) is 0 Å². The third kappa shape index (κ3) is 2.87. The van der Waals surface area contributed by atoms with E-state index in [2.05, 4.69) is 0 Å². The number of fused-ring (bicyclic) bond motifs is 1. The van der Waals surface area contributed by atoms with E-state index >= 15 is 0 Å². The van der Waals surface area contributed by atoms with Gasteiger partial charge < -0.3 is 13.9 Å². The van der Waals surface area contributed by atoms with E-state index in [0.717, 1.165) is 0 Å². The highest BCUT2D eigenvalue weighted by Crippen LogP contribution is 2.23. The quantitative estimate of drug-likeness (QED) is 0.546. The Bertz CT molecular complexity index is 864. The van der Waals surface area contributed by atoms with Gasteiger partial charge in [0, 0.05) is 23.1 Å². The maximum Gasteiger partial charge on any atom is 0.348 e.